The average molecular weight is 291 g/mol. The molecule has 0 bridgehead atoms. The molecule has 1 aromatic heterocycles. The number of carbonyl (C=O) groups excluding carboxylic acids is 1. The molecule has 0 atom stereocenters. The van der Waals surface area contributed by atoms with Crippen LogP contribution in [0.1, 0.15) is 57.8 Å². The number of aryl methyl sites for hydroxylation is 2. The number of carbonyl (C=O) groups is 1. The lowest BCUT2D eigenvalue weighted by Gasteiger charge is -2.39. The van der Waals surface area contributed by atoms with Gasteiger partial charge in [-0.25, -0.2) is 0 Å². The summed E-state index contributed by atoms with van der Waals surface area (Å²) in [6.45, 7) is 11.3. The molecule has 0 spiro atoms. The molecule has 1 aliphatic heterocycles. The van der Waals surface area contributed by atoms with Gasteiger partial charge in [0.15, 0.2) is 5.78 Å². The molecule has 1 fully saturated rings. The molecular weight excluding hydrogens is 262 g/mol. The third-order valence-corrected chi connectivity index (χ3v) is 5.03. The Bertz CT molecular complexity index is 482. The van der Waals surface area contributed by atoms with E-state index in [-0.39, 0.29) is 5.54 Å². The van der Waals surface area contributed by atoms with Crippen LogP contribution in [0.4, 0.5) is 0 Å². The fraction of sp³-hybridized carbons (Fsp3) is 0.765. The second kappa shape index (κ2) is 6.73. The summed E-state index contributed by atoms with van der Waals surface area (Å²) >= 11 is 0. The van der Waals surface area contributed by atoms with Crippen LogP contribution in [0.25, 0.3) is 0 Å². The molecule has 4 heteroatoms. The monoisotopic (exact) mass is 291 g/mol. The van der Waals surface area contributed by atoms with Crippen LogP contribution in [0.3, 0.4) is 0 Å². The molecule has 118 valence electrons. The van der Waals surface area contributed by atoms with Crippen molar-refractivity contribution in [2.45, 2.75) is 71.9 Å². The van der Waals surface area contributed by atoms with Crippen molar-refractivity contribution < 1.29 is 4.79 Å². The Kier molecular flexibility index (Phi) is 5.20. The molecule has 1 aliphatic rings. The number of hydrogen-bond donors (Lipinski definition) is 0. The second-order valence-electron chi connectivity index (χ2n) is 6.13. The standard InChI is InChI=1S/C17H29N3O/c1-5-17(6-2,19-10-8-9-11-19)16(21)13-15-12-14(4)18-20(15)7-3/h12H,5-11,13H2,1-4H3. The van der Waals surface area contributed by atoms with Gasteiger partial charge in [-0.15, -0.1) is 0 Å². The Hall–Kier alpha value is -1.16. The summed E-state index contributed by atoms with van der Waals surface area (Å²) < 4.78 is 1.97. The van der Waals surface area contributed by atoms with Crippen molar-refractivity contribution in [3.05, 3.63) is 17.5 Å². The summed E-state index contributed by atoms with van der Waals surface area (Å²) in [5, 5.41) is 4.46. The maximum Gasteiger partial charge on any atom is 0.158 e. The van der Waals surface area contributed by atoms with Gasteiger partial charge in [-0.3, -0.25) is 14.4 Å². The van der Waals surface area contributed by atoms with E-state index in [9.17, 15) is 4.79 Å². The molecule has 0 aliphatic carbocycles. The van der Waals surface area contributed by atoms with E-state index in [1.54, 1.807) is 0 Å². The van der Waals surface area contributed by atoms with Crippen LogP contribution >= 0.6 is 0 Å². The number of rotatable bonds is 7. The highest BCUT2D eigenvalue weighted by molar-refractivity contribution is 5.90. The van der Waals surface area contributed by atoms with Crippen LogP contribution < -0.4 is 0 Å². The van der Waals surface area contributed by atoms with Crippen molar-refractivity contribution in [1.82, 2.24) is 14.7 Å². The third-order valence-electron chi connectivity index (χ3n) is 5.03. The van der Waals surface area contributed by atoms with Gasteiger partial charge < -0.3 is 0 Å². The summed E-state index contributed by atoms with van der Waals surface area (Å²) in [6, 6.07) is 2.06. The van der Waals surface area contributed by atoms with Gasteiger partial charge >= 0.3 is 0 Å². The Labute approximate surface area is 128 Å². The second-order valence-corrected chi connectivity index (χ2v) is 6.13. The Morgan fingerprint density at radius 3 is 2.38 bits per heavy atom. The number of likely N-dealkylation sites (tertiary alicyclic amines) is 1. The molecule has 0 saturated carbocycles. The zero-order valence-electron chi connectivity index (χ0n) is 14.0. The van der Waals surface area contributed by atoms with Gasteiger partial charge in [-0.1, -0.05) is 13.8 Å². The van der Waals surface area contributed by atoms with E-state index in [1.807, 2.05) is 11.6 Å². The Morgan fingerprint density at radius 2 is 1.86 bits per heavy atom. The molecule has 2 rings (SSSR count). The third kappa shape index (κ3) is 3.05. The summed E-state index contributed by atoms with van der Waals surface area (Å²) in [7, 11) is 0. The molecule has 0 amide bonds. The van der Waals surface area contributed by atoms with Crippen LogP contribution in [0.15, 0.2) is 6.07 Å². The first-order valence-electron chi connectivity index (χ1n) is 8.39. The molecule has 1 aromatic rings. The summed E-state index contributed by atoms with van der Waals surface area (Å²) in [5.41, 5.74) is 1.79. The lowest BCUT2D eigenvalue weighted by molar-refractivity contribution is -0.130. The highest BCUT2D eigenvalue weighted by Gasteiger charge is 2.41. The first-order valence-corrected chi connectivity index (χ1v) is 8.39. The van der Waals surface area contributed by atoms with E-state index >= 15 is 0 Å². The van der Waals surface area contributed by atoms with Crippen molar-refractivity contribution >= 4 is 5.78 Å². The van der Waals surface area contributed by atoms with E-state index in [1.165, 1.54) is 12.8 Å². The zero-order valence-corrected chi connectivity index (χ0v) is 14.0. The van der Waals surface area contributed by atoms with Crippen LogP contribution in [0, 0.1) is 6.92 Å². The van der Waals surface area contributed by atoms with Gasteiger partial charge in [0, 0.05) is 12.2 Å². The maximum atomic E-state index is 13.1. The lowest BCUT2D eigenvalue weighted by Crippen LogP contribution is -2.53. The van der Waals surface area contributed by atoms with Crippen molar-refractivity contribution in [3.63, 3.8) is 0 Å². The Morgan fingerprint density at radius 1 is 1.24 bits per heavy atom. The van der Waals surface area contributed by atoms with E-state index in [0.29, 0.717) is 12.2 Å². The van der Waals surface area contributed by atoms with Crippen LogP contribution in [-0.4, -0.2) is 39.1 Å². The highest BCUT2D eigenvalue weighted by atomic mass is 16.1. The largest absolute Gasteiger partial charge is 0.297 e. The minimum absolute atomic E-state index is 0.271. The Balaban J connectivity index is 2.22. The van der Waals surface area contributed by atoms with E-state index in [4.69, 9.17) is 0 Å². The predicted molar refractivity (Wildman–Crippen MR) is 85.5 cm³/mol. The van der Waals surface area contributed by atoms with E-state index in [0.717, 1.165) is 43.9 Å². The minimum Gasteiger partial charge on any atom is -0.297 e. The van der Waals surface area contributed by atoms with Gasteiger partial charge in [0.2, 0.25) is 0 Å². The van der Waals surface area contributed by atoms with Crippen molar-refractivity contribution in [3.8, 4) is 0 Å². The normalized spacial score (nSPS) is 16.6. The number of aromatic nitrogens is 2. The number of hydrogen-bond acceptors (Lipinski definition) is 3. The summed E-state index contributed by atoms with van der Waals surface area (Å²) in [5.74, 6) is 0.365. The van der Waals surface area contributed by atoms with Crippen molar-refractivity contribution in [1.29, 1.82) is 0 Å². The van der Waals surface area contributed by atoms with Crippen LogP contribution in [0.5, 0.6) is 0 Å². The average Bonchev–Trinajstić information content (AvgIpc) is 3.11. The fourth-order valence-corrected chi connectivity index (χ4v) is 3.76. The first-order chi connectivity index (χ1) is 10.1. The molecule has 1 saturated heterocycles. The zero-order chi connectivity index (χ0) is 15.5. The lowest BCUT2D eigenvalue weighted by atomic mass is 9.84. The van der Waals surface area contributed by atoms with Crippen molar-refractivity contribution in [2.24, 2.45) is 0 Å². The quantitative estimate of drug-likeness (QED) is 0.775. The molecule has 4 nitrogen and oxygen atoms in total. The summed E-state index contributed by atoms with van der Waals surface area (Å²) in [4.78, 5) is 15.5. The predicted octanol–water partition coefficient (Wildman–Crippen LogP) is 2.98. The van der Waals surface area contributed by atoms with Gasteiger partial charge in [-0.2, -0.15) is 5.10 Å². The first kappa shape index (κ1) is 16.2. The van der Waals surface area contributed by atoms with Crippen LogP contribution in [-0.2, 0) is 17.8 Å². The van der Waals surface area contributed by atoms with E-state index in [2.05, 4.69) is 36.8 Å². The van der Waals surface area contributed by atoms with Gasteiger partial charge in [-0.05, 0) is 58.7 Å². The molecule has 0 radical (unpaired) electrons. The molecule has 0 unspecified atom stereocenters. The smallest absolute Gasteiger partial charge is 0.158 e. The van der Waals surface area contributed by atoms with Gasteiger partial charge in [0.05, 0.1) is 17.7 Å². The van der Waals surface area contributed by atoms with Crippen LogP contribution in [0.2, 0.25) is 0 Å². The number of ketones is 1. The molecule has 21 heavy (non-hydrogen) atoms. The van der Waals surface area contributed by atoms with Gasteiger partial charge in [0.1, 0.15) is 0 Å². The highest BCUT2D eigenvalue weighted by Crippen LogP contribution is 2.30. The minimum atomic E-state index is -0.271. The number of Topliss-reactive ketones (excluding diaryl/α,β-unsaturated/α-hetero) is 1. The molecular formula is C17H29N3O. The maximum absolute atomic E-state index is 13.1. The number of nitrogens with zero attached hydrogens (tertiary/aromatic N) is 3. The van der Waals surface area contributed by atoms with Gasteiger partial charge in [0.25, 0.3) is 0 Å². The molecule has 2 heterocycles. The fourth-order valence-electron chi connectivity index (χ4n) is 3.76. The summed E-state index contributed by atoms with van der Waals surface area (Å²) in [6.07, 6.45) is 4.76. The molecule has 0 N–H and O–H groups in total. The molecule has 0 aromatic carbocycles. The topological polar surface area (TPSA) is 38.1 Å². The van der Waals surface area contributed by atoms with Crippen molar-refractivity contribution in [2.75, 3.05) is 13.1 Å². The SMILES string of the molecule is CCn1nc(C)cc1CC(=O)C(CC)(CC)N1CCCC1. The van der Waals surface area contributed by atoms with E-state index < -0.39 is 0 Å².